The number of pyridine rings is 1. The number of carbonyl (C=O) groups excluding carboxylic acids is 1. The number of nitrogens with zero attached hydrogens (tertiary/aromatic N) is 2. The van der Waals surface area contributed by atoms with Crippen molar-refractivity contribution in [3.05, 3.63) is 65.6 Å². The number of amides is 1. The lowest BCUT2D eigenvalue weighted by Gasteiger charge is -2.00. The minimum absolute atomic E-state index is 0.218. The van der Waals surface area contributed by atoms with E-state index in [2.05, 4.69) is 15.3 Å². The van der Waals surface area contributed by atoms with Gasteiger partial charge in [0.25, 0.3) is 5.91 Å². The summed E-state index contributed by atoms with van der Waals surface area (Å²) >= 11 is 0. The number of carbonyl (C=O) groups is 1. The van der Waals surface area contributed by atoms with Gasteiger partial charge in [-0.25, -0.2) is 4.99 Å². The van der Waals surface area contributed by atoms with Gasteiger partial charge in [-0.15, -0.1) is 0 Å². The zero-order valence-corrected chi connectivity index (χ0v) is 11.4. The third-order valence-electron chi connectivity index (χ3n) is 3.05. The summed E-state index contributed by atoms with van der Waals surface area (Å²) < 4.78 is 5.16. The van der Waals surface area contributed by atoms with Crippen LogP contribution in [0, 0.1) is 0 Å². The van der Waals surface area contributed by atoms with Crippen LogP contribution in [0.2, 0.25) is 0 Å². The lowest BCUT2D eigenvalue weighted by molar-refractivity contribution is -0.115. The zero-order chi connectivity index (χ0) is 14.7. The van der Waals surface area contributed by atoms with Gasteiger partial charge in [-0.3, -0.25) is 9.78 Å². The quantitative estimate of drug-likeness (QED) is 0.874. The van der Waals surface area contributed by atoms with Crippen LogP contribution in [-0.2, 0) is 4.79 Å². The van der Waals surface area contributed by atoms with Crippen molar-refractivity contribution in [3.63, 3.8) is 0 Å². The van der Waals surface area contributed by atoms with Crippen LogP contribution in [0.15, 0.2) is 59.5 Å². The summed E-state index contributed by atoms with van der Waals surface area (Å²) in [4.78, 5) is 20.3. The first kappa shape index (κ1) is 13.1. The first-order chi connectivity index (χ1) is 10.3. The minimum Gasteiger partial charge on any atom is -0.497 e. The molecule has 1 aromatic carbocycles. The van der Waals surface area contributed by atoms with Gasteiger partial charge < -0.3 is 10.1 Å². The summed E-state index contributed by atoms with van der Waals surface area (Å²) in [5.74, 6) is 1.06. The maximum absolute atomic E-state index is 12.0. The predicted molar refractivity (Wildman–Crippen MR) is 79.9 cm³/mol. The fourth-order valence-corrected chi connectivity index (χ4v) is 2.00. The number of benzene rings is 1. The van der Waals surface area contributed by atoms with Crippen LogP contribution in [0.5, 0.6) is 5.75 Å². The van der Waals surface area contributed by atoms with Gasteiger partial charge in [-0.1, -0.05) is 12.1 Å². The van der Waals surface area contributed by atoms with Crippen LogP contribution in [0.1, 0.15) is 11.1 Å². The van der Waals surface area contributed by atoms with Gasteiger partial charge in [0.1, 0.15) is 17.3 Å². The van der Waals surface area contributed by atoms with Crippen molar-refractivity contribution < 1.29 is 9.53 Å². The molecule has 2 heterocycles. The fraction of sp³-hybridized carbons (Fsp3) is 0.0625. The molecule has 1 amide bonds. The molecular weight excluding hydrogens is 266 g/mol. The van der Waals surface area contributed by atoms with E-state index in [4.69, 9.17) is 4.74 Å². The molecule has 0 aliphatic carbocycles. The molecule has 0 radical (unpaired) electrons. The maximum Gasteiger partial charge on any atom is 0.275 e. The van der Waals surface area contributed by atoms with E-state index < -0.39 is 0 Å². The smallest absolute Gasteiger partial charge is 0.275 e. The normalized spacial score (nSPS) is 15.8. The van der Waals surface area contributed by atoms with Crippen molar-refractivity contribution in [1.29, 1.82) is 0 Å². The van der Waals surface area contributed by atoms with Crippen LogP contribution < -0.4 is 10.1 Å². The standard InChI is InChI=1S/C16H13N3O2/c1-21-13-4-2-3-11(9-13)10-14-16(20)19-15(18-14)12-5-7-17-8-6-12/h2-10H,1H3,(H,18,19,20)/b14-10+. The molecule has 0 unspecified atom stereocenters. The van der Waals surface area contributed by atoms with E-state index in [1.54, 1.807) is 37.7 Å². The summed E-state index contributed by atoms with van der Waals surface area (Å²) in [6, 6.07) is 11.1. The highest BCUT2D eigenvalue weighted by atomic mass is 16.5. The third-order valence-corrected chi connectivity index (χ3v) is 3.05. The number of amidine groups is 1. The molecule has 1 aromatic heterocycles. The summed E-state index contributed by atoms with van der Waals surface area (Å²) in [6.07, 6.45) is 5.05. The Morgan fingerprint density at radius 3 is 2.76 bits per heavy atom. The molecule has 5 heteroatoms. The molecule has 0 saturated carbocycles. The summed E-state index contributed by atoms with van der Waals surface area (Å²) in [5.41, 5.74) is 2.06. The average Bonchev–Trinajstić information content (AvgIpc) is 2.89. The van der Waals surface area contributed by atoms with E-state index in [0.29, 0.717) is 11.5 Å². The van der Waals surface area contributed by atoms with Gasteiger partial charge in [0.15, 0.2) is 0 Å². The van der Waals surface area contributed by atoms with Crippen molar-refractivity contribution >= 4 is 17.8 Å². The molecule has 0 bridgehead atoms. The number of methoxy groups -OCH3 is 1. The van der Waals surface area contributed by atoms with Crippen LogP contribution >= 0.6 is 0 Å². The molecule has 0 fully saturated rings. The Balaban J connectivity index is 1.93. The molecule has 2 aromatic rings. The molecular formula is C16H13N3O2. The molecule has 1 N–H and O–H groups in total. The molecule has 0 saturated heterocycles. The van der Waals surface area contributed by atoms with Crippen LogP contribution in [0.3, 0.4) is 0 Å². The van der Waals surface area contributed by atoms with Gasteiger partial charge in [0.05, 0.1) is 7.11 Å². The number of rotatable bonds is 3. The molecule has 104 valence electrons. The monoisotopic (exact) mass is 279 g/mol. The second-order valence-electron chi connectivity index (χ2n) is 4.46. The summed E-state index contributed by atoms with van der Waals surface area (Å²) in [7, 11) is 1.61. The Morgan fingerprint density at radius 2 is 2.00 bits per heavy atom. The molecule has 1 aliphatic rings. The highest BCUT2D eigenvalue weighted by molar-refractivity contribution is 6.19. The Hall–Kier alpha value is -2.95. The van der Waals surface area contributed by atoms with E-state index in [9.17, 15) is 4.79 Å². The van der Waals surface area contributed by atoms with Gasteiger partial charge in [0.2, 0.25) is 0 Å². The van der Waals surface area contributed by atoms with E-state index in [1.807, 2.05) is 24.3 Å². The first-order valence-corrected chi connectivity index (χ1v) is 6.42. The number of hydrogen-bond donors (Lipinski definition) is 1. The van der Waals surface area contributed by atoms with Gasteiger partial charge >= 0.3 is 0 Å². The molecule has 5 nitrogen and oxygen atoms in total. The SMILES string of the molecule is COc1cccc(/C=C2/N=C(c3ccncc3)NC2=O)c1. The van der Waals surface area contributed by atoms with Crippen molar-refractivity contribution in [2.75, 3.05) is 7.11 Å². The Bertz CT molecular complexity index is 736. The number of aromatic nitrogens is 1. The topological polar surface area (TPSA) is 63.6 Å². The predicted octanol–water partition coefficient (Wildman–Crippen LogP) is 2.01. The van der Waals surface area contributed by atoms with Crippen LogP contribution in [0.4, 0.5) is 0 Å². The van der Waals surface area contributed by atoms with Gasteiger partial charge in [-0.05, 0) is 35.9 Å². The number of ether oxygens (including phenoxy) is 1. The summed E-state index contributed by atoms with van der Waals surface area (Å²) in [6.45, 7) is 0. The maximum atomic E-state index is 12.0. The van der Waals surface area contributed by atoms with E-state index in [1.165, 1.54) is 0 Å². The number of hydrogen-bond acceptors (Lipinski definition) is 4. The Labute approximate surface area is 122 Å². The molecule has 21 heavy (non-hydrogen) atoms. The van der Waals surface area contributed by atoms with Crippen molar-refractivity contribution in [3.8, 4) is 5.75 Å². The highest BCUT2D eigenvalue weighted by Crippen LogP contribution is 2.18. The van der Waals surface area contributed by atoms with E-state index >= 15 is 0 Å². The largest absolute Gasteiger partial charge is 0.497 e. The lowest BCUT2D eigenvalue weighted by atomic mass is 10.2. The van der Waals surface area contributed by atoms with Crippen LogP contribution in [0.25, 0.3) is 6.08 Å². The summed E-state index contributed by atoms with van der Waals surface area (Å²) in [5, 5.41) is 2.75. The number of nitrogens with one attached hydrogen (secondary N) is 1. The number of aliphatic imine (C=N–C) groups is 1. The Kier molecular flexibility index (Phi) is 3.47. The van der Waals surface area contributed by atoms with Crippen molar-refractivity contribution in [2.24, 2.45) is 4.99 Å². The second kappa shape index (κ2) is 5.58. The Morgan fingerprint density at radius 1 is 1.19 bits per heavy atom. The molecule has 1 aliphatic heterocycles. The van der Waals surface area contributed by atoms with Crippen molar-refractivity contribution in [2.45, 2.75) is 0 Å². The van der Waals surface area contributed by atoms with E-state index in [0.717, 1.165) is 16.9 Å². The van der Waals surface area contributed by atoms with Crippen LogP contribution in [-0.4, -0.2) is 23.8 Å². The highest BCUT2D eigenvalue weighted by Gasteiger charge is 2.20. The molecule has 0 atom stereocenters. The first-order valence-electron chi connectivity index (χ1n) is 6.42. The molecule has 0 spiro atoms. The van der Waals surface area contributed by atoms with E-state index in [-0.39, 0.29) is 5.91 Å². The molecule has 3 rings (SSSR count). The van der Waals surface area contributed by atoms with Crippen molar-refractivity contribution in [1.82, 2.24) is 10.3 Å². The average molecular weight is 279 g/mol. The lowest BCUT2D eigenvalue weighted by Crippen LogP contribution is -2.24. The zero-order valence-electron chi connectivity index (χ0n) is 11.4. The minimum atomic E-state index is -0.218. The van der Waals surface area contributed by atoms with Gasteiger partial charge in [-0.2, -0.15) is 0 Å². The fourth-order valence-electron chi connectivity index (χ4n) is 2.00. The van der Waals surface area contributed by atoms with Gasteiger partial charge in [0, 0.05) is 18.0 Å². The third kappa shape index (κ3) is 2.81. The second-order valence-corrected chi connectivity index (χ2v) is 4.46.